The summed E-state index contributed by atoms with van der Waals surface area (Å²) >= 11 is 0. The molecule has 0 bridgehead atoms. The Balaban J connectivity index is 3.94. The molecule has 0 spiro atoms. The highest BCUT2D eigenvalue weighted by atomic mass is 16.4. The molecule has 0 saturated heterocycles. The summed E-state index contributed by atoms with van der Waals surface area (Å²) < 4.78 is 0. The Hall–Kier alpha value is -0.690. The van der Waals surface area contributed by atoms with Gasteiger partial charge in [0, 0.05) is 25.7 Å². The molecule has 0 aliphatic heterocycles. The maximum Gasteiger partial charge on any atom is 0.309 e. The van der Waals surface area contributed by atoms with Gasteiger partial charge < -0.3 is 27.6 Å². The maximum absolute atomic E-state index is 10.8. The van der Waals surface area contributed by atoms with Crippen LogP contribution in [0, 0.1) is 5.92 Å². The van der Waals surface area contributed by atoms with Crippen molar-refractivity contribution in [2.24, 2.45) is 23.1 Å². The number of aliphatic carboxylic acids is 1. The van der Waals surface area contributed by atoms with Crippen LogP contribution >= 0.6 is 0 Å². The molecule has 0 aromatic heterocycles. The van der Waals surface area contributed by atoms with Crippen molar-refractivity contribution < 1.29 is 9.90 Å². The second-order valence-corrected chi connectivity index (χ2v) is 3.18. The Morgan fingerprint density at radius 2 is 2.00 bits per heavy atom. The summed E-state index contributed by atoms with van der Waals surface area (Å²) in [5, 5.41) is 11.8. The van der Waals surface area contributed by atoms with Crippen molar-refractivity contribution in [2.45, 2.75) is 12.5 Å². The zero-order chi connectivity index (χ0) is 11.0. The van der Waals surface area contributed by atoms with Crippen molar-refractivity contribution in [2.75, 3.05) is 26.2 Å². The van der Waals surface area contributed by atoms with E-state index in [1.54, 1.807) is 0 Å². The van der Waals surface area contributed by atoms with E-state index in [0.29, 0.717) is 32.6 Å². The van der Waals surface area contributed by atoms with Gasteiger partial charge >= 0.3 is 5.97 Å². The van der Waals surface area contributed by atoms with Gasteiger partial charge in [-0.3, -0.25) is 4.79 Å². The highest BCUT2D eigenvalue weighted by Crippen LogP contribution is 2.03. The fourth-order valence-corrected chi connectivity index (χ4v) is 1.18. The molecule has 0 amide bonds. The molecular formula is C8H20N4O2. The number of rotatable bonds is 8. The Kier molecular flexibility index (Phi) is 7.31. The Morgan fingerprint density at radius 1 is 1.36 bits per heavy atom. The third-order valence-electron chi connectivity index (χ3n) is 2.02. The van der Waals surface area contributed by atoms with Gasteiger partial charge in [-0.05, 0) is 13.0 Å². The molecule has 6 nitrogen and oxygen atoms in total. The van der Waals surface area contributed by atoms with Crippen LogP contribution in [0.1, 0.15) is 6.42 Å². The standard InChI is InChI=1S/C8H20N4O2/c9-2-1-7(11)6(8(13)14)5-12-4-3-10/h6-7,12H,1-5,9-11H2,(H,13,14). The lowest BCUT2D eigenvalue weighted by molar-refractivity contribution is -0.142. The largest absolute Gasteiger partial charge is 0.481 e. The Bertz CT molecular complexity index is 165. The van der Waals surface area contributed by atoms with Crippen LogP contribution in [0.15, 0.2) is 0 Å². The van der Waals surface area contributed by atoms with E-state index in [1.807, 2.05) is 0 Å². The predicted molar refractivity (Wildman–Crippen MR) is 54.7 cm³/mol. The second-order valence-electron chi connectivity index (χ2n) is 3.18. The van der Waals surface area contributed by atoms with Gasteiger partial charge in [0.05, 0.1) is 5.92 Å². The van der Waals surface area contributed by atoms with Crippen molar-refractivity contribution in [3.8, 4) is 0 Å². The van der Waals surface area contributed by atoms with Gasteiger partial charge in [-0.1, -0.05) is 0 Å². The third kappa shape index (κ3) is 5.13. The number of carboxylic acid groups (broad SMARTS) is 1. The molecule has 0 radical (unpaired) electrons. The molecule has 2 atom stereocenters. The van der Waals surface area contributed by atoms with E-state index in [9.17, 15) is 4.79 Å². The van der Waals surface area contributed by atoms with Gasteiger partial charge in [-0.2, -0.15) is 0 Å². The van der Waals surface area contributed by atoms with Gasteiger partial charge in [-0.15, -0.1) is 0 Å². The number of carboxylic acids is 1. The van der Waals surface area contributed by atoms with Crippen LogP contribution in [-0.4, -0.2) is 43.3 Å². The monoisotopic (exact) mass is 204 g/mol. The molecule has 0 fully saturated rings. The molecule has 0 aromatic carbocycles. The van der Waals surface area contributed by atoms with E-state index < -0.39 is 17.9 Å². The van der Waals surface area contributed by atoms with Crippen molar-refractivity contribution in [3.05, 3.63) is 0 Å². The van der Waals surface area contributed by atoms with Crippen LogP contribution in [0.5, 0.6) is 0 Å². The van der Waals surface area contributed by atoms with Gasteiger partial charge in [-0.25, -0.2) is 0 Å². The highest BCUT2D eigenvalue weighted by molar-refractivity contribution is 5.71. The number of nitrogens with two attached hydrogens (primary N) is 3. The van der Waals surface area contributed by atoms with Gasteiger partial charge in [0.2, 0.25) is 0 Å². The first-order chi connectivity index (χ1) is 6.63. The minimum atomic E-state index is -0.893. The molecule has 0 heterocycles. The SMILES string of the molecule is NCCNCC(C(=O)O)C(N)CCN. The van der Waals surface area contributed by atoms with Crippen molar-refractivity contribution in [1.82, 2.24) is 5.32 Å². The zero-order valence-corrected chi connectivity index (χ0v) is 8.28. The lowest BCUT2D eigenvalue weighted by Gasteiger charge is -2.19. The van der Waals surface area contributed by atoms with E-state index in [4.69, 9.17) is 22.3 Å². The number of carbonyl (C=O) groups is 1. The zero-order valence-electron chi connectivity index (χ0n) is 8.28. The number of hydrogen-bond acceptors (Lipinski definition) is 5. The highest BCUT2D eigenvalue weighted by Gasteiger charge is 2.23. The number of hydrogen-bond donors (Lipinski definition) is 5. The summed E-state index contributed by atoms with van der Waals surface area (Å²) in [4.78, 5) is 10.8. The molecule has 0 aliphatic carbocycles. The van der Waals surface area contributed by atoms with Crippen LogP contribution in [0.3, 0.4) is 0 Å². The van der Waals surface area contributed by atoms with Crippen LogP contribution in [0.4, 0.5) is 0 Å². The normalized spacial score (nSPS) is 15.1. The fourth-order valence-electron chi connectivity index (χ4n) is 1.18. The van der Waals surface area contributed by atoms with Crippen LogP contribution in [0.25, 0.3) is 0 Å². The topological polar surface area (TPSA) is 127 Å². The van der Waals surface area contributed by atoms with Crippen LogP contribution in [-0.2, 0) is 4.79 Å². The van der Waals surface area contributed by atoms with Gasteiger partial charge in [0.15, 0.2) is 0 Å². The summed E-state index contributed by atoms with van der Waals surface area (Å²) in [6.07, 6.45) is 0.515. The first-order valence-electron chi connectivity index (χ1n) is 4.72. The van der Waals surface area contributed by atoms with Crippen molar-refractivity contribution >= 4 is 5.97 Å². The Morgan fingerprint density at radius 3 is 2.43 bits per heavy atom. The average molecular weight is 204 g/mol. The van der Waals surface area contributed by atoms with E-state index in [0.717, 1.165) is 0 Å². The van der Waals surface area contributed by atoms with Crippen molar-refractivity contribution in [3.63, 3.8) is 0 Å². The smallest absolute Gasteiger partial charge is 0.309 e. The predicted octanol–water partition coefficient (Wildman–Crippen LogP) is -2.09. The molecule has 0 aliphatic rings. The average Bonchev–Trinajstić information content (AvgIpc) is 2.12. The van der Waals surface area contributed by atoms with E-state index in [-0.39, 0.29) is 0 Å². The molecule has 0 saturated carbocycles. The first-order valence-corrected chi connectivity index (χ1v) is 4.72. The molecule has 6 heteroatoms. The van der Waals surface area contributed by atoms with Gasteiger partial charge in [0.25, 0.3) is 0 Å². The molecule has 0 aromatic rings. The third-order valence-corrected chi connectivity index (χ3v) is 2.02. The maximum atomic E-state index is 10.8. The van der Waals surface area contributed by atoms with E-state index in [2.05, 4.69) is 5.32 Å². The molecule has 8 N–H and O–H groups in total. The summed E-state index contributed by atoms with van der Waals surface area (Å²) in [5.74, 6) is -1.49. The second kappa shape index (κ2) is 7.69. The Labute approximate surface area is 83.8 Å². The summed E-state index contributed by atoms with van der Waals surface area (Å²) in [6, 6.07) is -0.400. The fraction of sp³-hybridized carbons (Fsp3) is 0.875. The van der Waals surface area contributed by atoms with Crippen LogP contribution < -0.4 is 22.5 Å². The van der Waals surface area contributed by atoms with E-state index in [1.165, 1.54) is 0 Å². The minimum Gasteiger partial charge on any atom is -0.481 e. The summed E-state index contributed by atoms with van der Waals surface area (Å²) in [5.41, 5.74) is 16.3. The van der Waals surface area contributed by atoms with E-state index >= 15 is 0 Å². The quantitative estimate of drug-likeness (QED) is 0.288. The van der Waals surface area contributed by atoms with Crippen molar-refractivity contribution in [1.29, 1.82) is 0 Å². The van der Waals surface area contributed by atoms with Gasteiger partial charge in [0.1, 0.15) is 0 Å². The molecule has 84 valence electrons. The molecule has 2 unspecified atom stereocenters. The molecule has 14 heavy (non-hydrogen) atoms. The molecule has 0 rings (SSSR count). The number of nitrogens with one attached hydrogen (secondary N) is 1. The minimum absolute atomic E-state index is 0.341. The lowest BCUT2D eigenvalue weighted by Crippen LogP contribution is -2.43. The summed E-state index contributed by atoms with van der Waals surface area (Å²) in [7, 11) is 0. The van der Waals surface area contributed by atoms with Crippen LogP contribution in [0.2, 0.25) is 0 Å². The molecular weight excluding hydrogens is 184 g/mol. The first kappa shape index (κ1) is 13.3. The lowest BCUT2D eigenvalue weighted by atomic mass is 9.98. The summed E-state index contributed by atoms with van der Waals surface area (Å²) in [6.45, 7) is 1.83.